The van der Waals surface area contributed by atoms with Gasteiger partial charge in [0.15, 0.2) is 0 Å². The minimum Gasteiger partial charge on any atom is -0.381 e. The molecule has 1 aliphatic carbocycles. The zero-order valence-corrected chi connectivity index (χ0v) is 15.2. The summed E-state index contributed by atoms with van der Waals surface area (Å²) >= 11 is 9.64. The van der Waals surface area contributed by atoms with Crippen molar-refractivity contribution in [3.63, 3.8) is 0 Å². The molecule has 0 saturated heterocycles. The molecule has 3 heteroatoms. The normalized spacial score (nSPS) is 19.5. The van der Waals surface area contributed by atoms with E-state index >= 15 is 0 Å². The highest BCUT2D eigenvalue weighted by Crippen LogP contribution is 2.28. The molecule has 0 atom stereocenters. The molecule has 118 valence electrons. The molecule has 0 bridgehead atoms. The summed E-state index contributed by atoms with van der Waals surface area (Å²) in [5.41, 5.74) is 1.18. The summed E-state index contributed by atoms with van der Waals surface area (Å²) in [6.07, 6.45) is 15.2. The Morgan fingerprint density at radius 3 is 1.90 bits per heavy atom. The van der Waals surface area contributed by atoms with E-state index in [1.54, 1.807) is 0 Å². The van der Waals surface area contributed by atoms with Crippen molar-refractivity contribution < 1.29 is 0 Å². The SMILES string of the molecule is Clc1ccc(NC2CCCCCCCCCCC2)c(Br)c1. The summed E-state index contributed by atoms with van der Waals surface area (Å²) in [5, 5.41) is 4.51. The summed E-state index contributed by atoms with van der Waals surface area (Å²) in [5.74, 6) is 0. The maximum Gasteiger partial charge on any atom is 0.0487 e. The van der Waals surface area contributed by atoms with E-state index in [0.29, 0.717) is 6.04 Å². The van der Waals surface area contributed by atoms with Crippen molar-refractivity contribution in [3.05, 3.63) is 27.7 Å². The van der Waals surface area contributed by atoms with E-state index in [2.05, 4.69) is 27.3 Å². The molecule has 0 spiro atoms. The van der Waals surface area contributed by atoms with E-state index in [1.807, 2.05) is 12.1 Å². The van der Waals surface area contributed by atoms with Crippen molar-refractivity contribution >= 4 is 33.2 Å². The van der Waals surface area contributed by atoms with Gasteiger partial charge in [-0.15, -0.1) is 0 Å². The monoisotopic (exact) mass is 371 g/mol. The lowest BCUT2D eigenvalue weighted by molar-refractivity contribution is 0.480. The van der Waals surface area contributed by atoms with Gasteiger partial charge in [-0.25, -0.2) is 0 Å². The third-order valence-electron chi connectivity index (χ3n) is 4.40. The minimum atomic E-state index is 0.599. The highest BCUT2D eigenvalue weighted by Gasteiger charge is 2.11. The lowest BCUT2D eigenvalue weighted by atomic mass is 9.98. The Morgan fingerprint density at radius 1 is 0.857 bits per heavy atom. The van der Waals surface area contributed by atoms with Gasteiger partial charge in [0.05, 0.1) is 0 Å². The molecule has 1 aromatic carbocycles. The van der Waals surface area contributed by atoms with E-state index in [4.69, 9.17) is 11.6 Å². The van der Waals surface area contributed by atoms with Gasteiger partial charge in [0.1, 0.15) is 0 Å². The van der Waals surface area contributed by atoms with Gasteiger partial charge < -0.3 is 5.32 Å². The Hall–Kier alpha value is -0.210. The van der Waals surface area contributed by atoms with Gasteiger partial charge in [-0.05, 0) is 47.0 Å². The number of anilines is 1. The Kier molecular flexibility index (Phi) is 7.95. The average molecular weight is 373 g/mol. The lowest BCUT2D eigenvalue weighted by Crippen LogP contribution is -2.20. The van der Waals surface area contributed by atoms with Crippen LogP contribution in [-0.2, 0) is 0 Å². The van der Waals surface area contributed by atoms with Crippen molar-refractivity contribution in [2.45, 2.75) is 76.7 Å². The number of hydrogen-bond acceptors (Lipinski definition) is 1. The van der Waals surface area contributed by atoms with E-state index in [9.17, 15) is 0 Å². The summed E-state index contributed by atoms with van der Waals surface area (Å²) in [6.45, 7) is 0. The molecule has 0 aliphatic heterocycles. The fraction of sp³-hybridized carbons (Fsp3) is 0.667. The maximum atomic E-state index is 6.02. The summed E-state index contributed by atoms with van der Waals surface area (Å²) in [7, 11) is 0. The molecule has 21 heavy (non-hydrogen) atoms. The zero-order valence-electron chi connectivity index (χ0n) is 12.8. The van der Waals surface area contributed by atoms with Crippen LogP contribution in [0.1, 0.15) is 70.6 Å². The largest absolute Gasteiger partial charge is 0.381 e. The number of rotatable bonds is 2. The van der Waals surface area contributed by atoms with E-state index < -0.39 is 0 Å². The van der Waals surface area contributed by atoms with Gasteiger partial charge in [-0.3, -0.25) is 0 Å². The van der Waals surface area contributed by atoms with Crippen LogP contribution in [0.4, 0.5) is 5.69 Å². The quantitative estimate of drug-likeness (QED) is 0.579. The molecule has 0 amide bonds. The van der Waals surface area contributed by atoms with Gasteiger partial charge >= 0.3 is 0 Å². The molecule has 0 unspecified atom stereocenters. The van der Waals surface area contributed by atoms with E-state index in [0.717, 1.165) is 9.50 Å². The fourth-order valence-corrected chi connectivity index (χ4v) is 3.93. The van der Waals surface area contributed by atoms with Crippen molar-refractivity contribution in [1.29, 1.82) is 0 Å². The molecular weight excluding hydrogens is 346 g/mol. The Morgan fingerprint density at radius 2 is 1.38 bits per heavy atom. The van der Waals surface area contributed by atoms with Crippen molar-refractivity contribution in [2.24, 2.45) is 0 Å². The summed E-state index contributed by atoms with van der Waals surface area (Å²) in [6, 6.07) is 6.62. The molecule has 1 nitrogen and oxygen atoms in total. The van der Waals surface area contributed by atoms with Crippen molar-refractivity contribution in [3.8, 4) is 0 Å². The molecule has 0 aromatic heterocycles. The van der Waals surface area contributed by atoms with Crippen LogP contribution >= 0.6 is 27.5 Å². The van der Waals surface area contributed by atoms with Crippen LogP contribution in [0.3, 0.4) is 0 Å². The molecule has 0 heterocycles. The second kappa shape index (κ2) is 9.74. The van der Waals surface area contributed by atoms with Gasteiger partial charge in [0, 0.05) is 21.2 Å². The highest BCUT2D eigenvalue weighted by atomic mass is 79.9. The van der Waals surface area contributed by atoms with Crippen LogP contribution < -0.4 is 5.32 Å². The van der Waals surface area contributed by atoms with Crippen LogP contribution in [0, 0.1) is 0 Å². The highest BCUT2D eigenvalue weighted by molar-refractivity contribution is 9.10. The predicted molar refractivity (Wildman–Crippen MR) is 97.3 cm³/mol. The topological polar surface area (TPSA) is 12.0 Å². The Balaban J connectivity index is 1.90. The molecule has 1 aliphatic rings. The molecule has 0 radical (unpaired) electrons. The third-order valence-corrected chi connectivity index (χ3v) is 5.29. The van der Waals surface area contributed by atoms with E-state index in [1.165, 1.54) is 76.3 Å². The van der Waals surface area contributed by atoms with Gasteiger partial charge in [-0.2, -0.15) is 0 Å². The summed E-state index contributed by atoms with van der Waals surface area (Å²) in [4.78, 5) is 0. The Bertz CT molecular complexity index is 410. The number of halogens is 2. The molecule has 1 N–H and O–H groups in total. The van der Waals surface area contributed by atoms with Gasteiger partial charge in [-0.1, -0.05) is 69.4 Å². The van der Waals surface area contributed by atoms with E-state index in [-0.39, 0.29) is 0 Å². The first kappa shape index (κ1) is 17.1. The average Bonchev–Trinajstić information content (AvgIpc) is 2.44. The number of hydrogen-bond donors (Lipinski definition) is 1. The number of benzene rings is 1. The van der Waals surface area contributed by atoms with Crippen molar-refractivity contribution in [1.82, 2.24) is 0 Å². The van der Waals surface area contributed by atoms with Crippen LogP contribution in [0.15, 0.2) is 22.7 Å². The van der Waals surface area contributed by atoms with Gasteiger partial charge in [0.25, 0.3) is 0 Å². The summed E-state index contributed by atoms with van der Waals surface area (Å²) < 4.78 is 1.07. The smallest absolute Gasteiger partial charge is 0.0487 e. The van der Waals surface area contributed by atoms with Crippen LogP contribution in [0.25, 0.3) is 0 Å². The molecule has 1 aromatic rings. The Labute approximate surface area is 143 Å². The van der Waals surface area contributed by atoms with Crippen molar-refractivity contribution in [2.75, 3.05) is 5.32 Å². The predicted octanol–water partition coefficient (Wildman–Crippen LogP) is 7.19. The second-order valence-electron chi connectivity index (χ2n) is 6.22. The first-order valence-corrected chi connectivity index (χ1v) is 9.64. The third kappa shape index (κ3) is 6.61. The standard InChI is InChI=1S/C18H27BrClN/c19-17-14-15(20)12-13-18(17)21-16-10-8-6-4-2-1-3-5-7-9-11-16/h12-14,16,21H,1-11H2. The first-order valence-electron chi connectivity index (χ1n) is 8.47. The molecule has 2 rings (SSSR count). The minimum absolute atomic E-state index is 0.599. The van der Waals surface area contributed by atoms with Crippen LogP contribution in [0.5, 0.6) is 0 Å². The molecule has 1 saturated carbocycles. The zero-order chi connectivity index (χ0) is 14.9. The lowest BCUT2D eigenvalue weighted by Gasteiger charge is -2.21. The first-order chi connectivity index (χ1) is 10.3. The fourth-order valence-electron chi connectivity index (χ4n) is 3.13. The molecular formula is C18H27BrClN. The van der Waals surface area contributed by atoms with Crippen LogP contribution in [-0.4, -0.2) is 6.04 Å². The maximum absolute atomic E-state index is 6.02. The second-order valence-corrected chi connectivity index (χ2v) is 7.52. The van der Waals surface area contributed by atoms with Gasteiger partial charge in [0.2, 0.25) is 0 Å². The number of nitrogens with one attached hydrogen (secondary N) is 1. The molecule has 1 fully saturated rings. The van der Waals surface area contributed by atoms with Crippen LogP contribution in [0.2, 0.25) is 5.02 Å².